The van der Waals surface area contributed by atoms with Crippen molar-refractivity contribution in [1.29, 1.82) is 0 Å². The minimum absolute atomic E-state index is 0.0419. The second-order valence-corrected chi connectivity index (χ2v) is 4.12. The van der Waals surface area contributed by atoms with Crippen LogP contribution in [0, 0.1) is 0 Å². The number of carbonyl (C=O) groups is 3. The Bertz CT molecular complexity index is 350. The SMILES string of the molecule is COCCOC(=O)NC(CCCCNC(=O)OOC)C(=O)O. The number of nitrogens with one attached hydrogen (secondary N) is 2. The van der Waals surface area contributed by atoms with Crippen molar-refractivity contribution in [3.8, 4) is 0 Å². The number of aliphatic carboxylic acids is 1. The molecule has 0 aliphatic heterocycles. The first-order valence-corrected chi connectivity index (χ1v) is 6.64. The molecular weight excluding hydrogens is 300 g/mol. The minimum Gasteiger partial charge on any atom is -0.480 e. The van der Waals surface area contributed by atoms with Gasteiger partial charge < -0.3 is 25.2 Å². The van der Waals surface area contributed by atoms with Crippen LogP contribution in [0.25, 0.3) is 0 Å². The van der Waals surface area contributed by atoms with Gasteiger partial charge in [0.25, 0.3) is 0 Å². The Morgan fingerprint density at radius 1 is 1.09 bits per heavy atom. The quantitative estimate of drug-likeness (QED) is 0.280. The number of rotatable bonds is 11. The molecule has 0 fully saturated rings. The van der Waals surface area contributed by atoms with E-state index in [-0.39, 0.29) is 19.6 Å². The third-order valence-electron chi connectivity index (χ3n) is 2.46. The summed E-state index contributed by atoms with van der Waals surface area (Å²) in [5.74, 6) is -1.16. The van der Waals surface area contributed by atoms with E-state index in [0.717, 1.165) is 0 Å². The van der Waals surface area contributed by atoms with Gasteiger partial charge in [0.05, 0.1) is 13.7 Å². The number of alkyl carbamates (subject to hydrolysis) is 1. The van der Waals surface area contributed by atoms with Gasteiger partial charge in [0.1, 0.15) is 12.6 Å². The number of amides is 2. The van der Waals surface area contributed by atoms with Crippen LogP contribution in [-0.4, -0.2) is 63.3 Å². The van der Waals surface area contributed by atoms with Crippen molar-refractivity contribution >= 4 is 18.2 Å². The molecule has 0 aromatic heterocycles. The minimum atomic E-state index is -1.16. The predicted octanol–water partition coefficient (Wildman–Crippen LogP) is 0.270. The summed E-state index contributed by atoms with van der Waals surface area (Å²) in [5.41, 5.74) is 0. The highest BCUT2D eigenvalue weighted by atomic mass is 17.2. The van der Waals surface area contributed by atoms with Gasteiger partial charge in [-0.25, -0.2) is 14.4 Å². The first-order valence-electron chi connectivity index (χ1n) is 6.64. The number of hydrogen-bond donors (Lipinski definition) is 3. The fourth-order valence-corrected chi connectivity index (χ4v) is 1.43. The summed E-state index contributed by atoms with van der Waals surface area (Å²) in [5, 5.41) is 13.7. The van der Waals surface area contributed by atoms with Gasteiger partial charge in [0.15, 0.2) is 0 Å². The van der Waals surface area contributed by atoms with E-state index < -0.39 is 24.2 Å². The van der Waals surface area contributed by atoms with E-state index in [1.807, 2.05) is 0 Å². The lowest BCUT2D eigenvalue weighted by Gasteiger charge is -2.14. The lowest BCUT2D eigenvalue weighted by atomic mass is 10.1. The zero-order chi connectivity index (χ0) is 16.8. The standard InChI is InChI=1S/C12H22N2O8/c1-19-7-8-21-12(18)14-9(10(15)16)5-3-4-6-13-11(17)22-20-2/h9H,3-8H2,1-2H3,(H,13,17)(H,14,18)(H,15,16). The van der Waals surface area contributed by atoms with Crippen molar-refractivity contribution in [2.24, 2.45) is 0 Å². The highest BCUT2D eigenvalue weighted by Crippen LogP contribution is 2.02. The number of carboxylic acid groups (broad SMARTS) is 1. The Kier molecular flexibility index (Phi) is 11.5. The van der Waals surface area contributed by atoms with Crippen LogP contribution < -0.4 is 10.6 Å². The smallest absolute Gasteiger partial charge is 0.438 e. The van der Waals surface area contributed by atoms with Gasteiger partial charge in [-0.05, 0) is 19.3 Å². The lowest BCUT2D eigenvalue weighted by Crippen LogP contribution is -2.41. The average molecular weight is 322 g/mol. The molecule has 1 atom stereocenters. The van der Waals surface area contributed by atoms with Gasteiger partial charge in [-0.3, -0.25) is 4.89 Å². The highest BCUT2D eigenvalue weighted by Gasteiger charge is 2.20. The maximum absolute atomic E-state index is 11.3. The topological polar surface area (TPSA) is 132 Å². The van der Waals surface area contributed by atoms with Crippen LogP contribution in [0.4, 0.5) is 9.59 Å². The summed E-state index contributed by atoms with van der Waals surface area (Å²) in [7, 11) is 2.66. The summed E-state index contributed by atoms with van der Waals surface area (Å²) in [6.45, 7) is 0.571. The van der Waals surface area contributed by atoms with Crippen LogP contribution in [0.1, 0.15) is 19.3 Å². The number of carbonyl (C=O) groups excluding carboxylic acids is 2. The Morgan fingerprint density at radius 2 is 1.82 bits per heavy atom. The summed E-state index contributed by atoms with van der Waals surface area (Å²) in [4.78, 5) is 41.6. The molecule has 0 aromatic rings. The van der Waals surface area contributed by atoms with Gasteiger partial charge in [-0.1, -0.05) is 0 Å². The van der Waals surface area contributed by atoms with Crippen molar-refractivity contribution < 1.29 is 38.7 Å². The molecule has 0 saturated carbocycles. The fraction of sp³-hybridized carbons (Fsp3) is 0.750. The Morgan fingerprint density at radius 3 is 2.41 bits per heavy atom. The number of ether oxygens (including phenoxy) is 2. The maximum atomic E-state index is 11.3. The van der Waals surface area contributed by atoms with E-state index in [2.05, 4.69) is 20.4 Å². The molecule has 0 rings (SSSR count). The van der Waals surface area contributed by atoms with E-state index in [1.165, 1.54) is 14.2 Å². The molecule has 10 nitrogen and oxygen atoms in total. The molecule has 22 heavy (non-hydrogen) atoms. The number of hydrogen-bond acceptors (Lipinski definition) is 7. The summed E-state index contributed by atoms with van der Waals surface area (Å²) < 4.78 is 9.42. The molecule has 0 aromatic carbocycles. The largest absolute Gasteiger partial charge is 0.480 e. The zero-order valence-electron chi connectivity index (χ0n) is 12.6. The average Bonchev–Trinajstić information content (AvgIpc) is 2.46. The highest BCUT2D eigenvalue weighted by molar-refractivity contribution is 5.79. The molecule has 0 aliphatic carbocycles. The zero-order valence-corrected chi connectivity index (χ0v) is 12.6. The Labute approximate surface area is 128 Å². The summed E-state index contributed by atoms with van der Waals surface area (Å²) in [6.07, 6.45) is -0.343. The molecule has 0 aliphatic rings. The molecule has 0 heterocycles. The first kappa shape index (κ1) is 19.9. The van der Waals surface area contributed by atoms with Crippen LogP contribution >= 0.6 is 0 Å². The van der Waals surface area contributed by atoms with Gasteiger partial charge >= 0.3 is 18.2 Å². The van der Waals surface area contributed by atoms with E-state index in [1.54, 1.807) is 0 Å². The second-order valence-electron chi connectivity index (χ2n) is 4.12. The molecule has 0 bridgehead atoms. The monoisotopic (exact) mass is 322 g/mol. The number of carboxylic acids is 1. The van der Waals surface area contributed by atoms with Crippen LogP contribution in [0.3, 0.4) is 0 Å². The van der Waals surface area contributed by atoms with Crippen LogP contribution in [0.15, 0.2) is 0 Å². The van der Waals surface area contributed by atoms with E-state index >= 15 is 0 Å². The normalized spacial score (nSPS) is 11.4. The third-order valence-corrected chi connectivity index (χ3v) is 2.46. The third kappa shape index (κ3) is 10.7. The summed E-state index contributed by atoms with van der Waals surface area (Å²) in [6, 6.07) is -1.05. The van der Waals surface area contributed by atoms with Gasteiger partial charge in [0, 0.05) is 13.7 Å². The Hall–Kier alpha value is -2.07. The molecule has 0 radical (unpaired) electrons. The molecule has 2 amide bonds. The lowest BCUT2D eigenvalue weighted by molar-refractivity contribution is -0.212. The second kappa shape index (κ2) is 12.7. The molecule has 10 heteroatoms. The van der Waals surface area contributed by atoms with E-state index in [0.29, 0.717) is 19.4 Å². The van der Waals surface area contributed by atoms with Gasteiger partial charge in [0.2, 0.25) is 0 Å². The van der Waals surface area contributed by atoms with E-state index in [9.17, 15) is 14.4 Å². The van der Waals surface area contributed by atoms with Crippen molar-refractivity contribution in [3.05, 3.63) is 0 Å². The molecular formula is C12H22N2O8. The van der Waals surface area contributed by atoms with Gasteiger partial charge in [-0.15, -0.1) is 0 Å². The van der Waals surface area contributed by atoms with Crippen LogP contribution in [-0.2, 0) is 24.0 Å². The fourth-order valence-electron chi connectivity index (χ4n) is 1.43. The van der Waals surface area contributed by atoms with E-state index in [4.69, 9.17) is 14.6 Å². The van der Waals surface area contributed by atoms with Crippen LogP contribution in [0.5, 0.6) is 0 Å². The summed E-state index contributed by atoms with van der Waals surface area (Å²) >= 11 is 0. The molecule has 0 spiro atoms. The molecule has 3 N–H and O–H groups in total. The first-order chi connectivity index (χ1) is 10.5. The van der Waals surface area contributed by atoms with Crippen LogP contribution in [0.2, 0.25) is 0 Å². The van der Waals surface area contributed by atoms with Crippen molar-refractivity contribution in [1.82, 2.24) is 10.6 Å². The maximum Gasteiger partial charge on any atom is 0.438 e. The molecule has 0 saturated heterocycles. The van der Waals surface area contributed by atoms with Gasteiger partial charge in [-0.2, -0.15) is 4.89 Å². The number of methoxy groups -OCH3 is 1. The Balaban J connectivity index is 3.88. The molecule has 1 unspecified atom stereocenters. The van der Waals surface area contributed by atoms with Crippen molar-refractivity contribution in [2.45, 2.75) is 25.3 Å². The predicted molar refractivity (Wildman–Crippen MR) is 73.1 cm³/mol. The molecule has 128 valence electrons. The number of unbranched alkanes of at least 4 members (excludes halogenated alkanes) is 1. The van der Waals surface area contributed by atoms with Crippen molar-refractivity contribution in [2.75, 3.05) is 34.0 Å². The van der Waals surface area contributed by atoms with Crippen molar-refractivity contribution in [3.63, 3.8) is 0 Å².